The van der Waals surface area contributed by atoms with E-state index in [1.54, 1.807) is 11.8 Å². The van der Waals surface area contributed by atoms with Crippen LogP contribution in [-0.4, -0.2) is 30.5 Å². The van der Waals surface area contributed by atoms with Crippen molar-refractivity contribution in [1.29, 1.82) is 0 Å². The lowest BCUT2D eigenvalue weighted by molar-refractivity contribution is 0.103. The van der Waals surface area contributed by atoms with Crippen LogP contribution in [0, 0.1) is 13.8 Å². The molecular formula is C19H20N4O2S. The lowest BCUT2D eigenvalue weighted by Gasteiger charge is -2.21. The smallest absolute Gasteiger partial charge is 0.220 e. The summed E-state index contributed by atoms with van der Waals surface area (Å²) in [5.41, 5.74) is 5.93. The molecule has 1 aliphatic rings. The van der Waals surface area contributed by atoms with Crippen LogP contribution in [0.15, 0.2) is 23.4 Å². The van der Waals surface area contributed by atoms with Crippen LogP contribution < -0.4 is 0 Å². The van der Waals surface area contributed by atoms with Gasteiger partial charge in [-0.2, -0.15) is 10.2 Å². The molecule has 26 heavy (non-hydrogen) atoms. The van der Waals surface area contributed by atoms with Crippen molar-refractivity contribution in [2.75, 3.05) is 0 Å². The summed E-state index contributed by atoms with van der Waals surface area (Å²) in [6.45, 7) is 6.35. The molecule has 7 heteroatoms. The number of hydrogen-bond acceptors (Lipinski definition) is 5. The zero-order valence-electron chi connectivity index (χ0n) is 15.2. The Kier molecular flexibility index (Phi) is 3.91. The van der Waals surface area contributed by atoms with Crippen molar-refractivity contribution >= 4 is 17.5 Å². The molecule has 0 atom stereocenters. The van der Waals surface area contributed by atoms with E-state index >= 15 is 0 Å². The fourth-order valence-electron chi connectivity index (χ4n) is 3.52. The van der Waals surface area contributed by atoms with Crippen LogP contribution in [0.3, 0.4) is 0 Å². The number of hydrogen-bond donors (Lipinski definition) is 1. The van der Waals surface area contributed by atoms with Crippen molar-refractivity contribution in [1.82, 2.24) is 19.6 Å². The maximum Gasteiger partial charge on any atom is 0.220 e. The van der Waals surface area contributed by atoms with Crippen LogP contribution >= 0.6 is 11.8 Å². The third-order valence-corrected chi connectivity index (χ3v) is 6.11. The molecule has 2 aromatic heterocycles. The van der Waals surface area contributed by atoms with E-state index in [1.165, 1.54) is 21.3 Å². The van der Waals surface area contributed by atoms with E-state index in [1.807, 2.05) is 44.8 Å². The molecule has 1 aromatic carbocycles. The number of carbonyl (C=O) groups excluding carboxylic acids is 1. The van der Waals surface area contributed by atoms with Gasteiger partial charge in [-0.1, -0.05) is 0 Å². The second-order valence-electron chi connectivity index (χ2n) is 6.56. The van der Waals surface area contributed by atoms with Gasteiger partial charge in [-0.05, 0) is 38.0 Å². The quantitative estimate of drug-likeness (QED) is 0.717. The standard InChI is InChI=1S/C19H20N4O2S/c1-5-23-19(25)14(7-20-23)17(24)13-6-10(2)18-15(11(13)3)16-12(9-26-18)8-22(4)21-16/h6-8,25H,5,9H2,1-4H3. The minimum Gasteiger partial charge on any atom is -0.493 e. The molecule has 0 unspecified atom stereocenters. The largest absolute Gasteiger partial charge is 0.493 e. The number of aryl methyl sites for hydroxylation is 3. The van der Waals surface area contributed by atoms with Gasteiger partial charge in [0.2, 0.25) is 5.88 Å². The van der Waals surface area contributed by atoms with Gasteiger partial charge in [0.05, 0.1) is 11.9 Å². The van der Waals surface area contributed by atoms with Gasteiger partial charge in [0.15, 0.2) is 5.78 Å². The van der Waals surface area contributed by atoms with Gasteiger partial charge in [0, 0.05) is 47.1 Å². The molecular weight excluding hydrogens is 348 g/mol. The third kappa shape index (κ3) is 2.38. The summed E-state index contributed by atoms with van der Waals surface area (Å²) in [4.78, 5) is 14.3. The predicted molar refractivity (Wildman–Crippen MR) is 101 cm³/mol. The van der Waals surface area contributed by atoms with E-state index in [2.05, 4.69) is 10.2 Å². The summed E-state index contributed by atoms with van der Waals surface area (Å²) in [6, 6.07) is 1.92. The summed E-state index contributed by atoms with van der Waals surface area (Å²) < 4.78 is 3.24. The van der Waals surface area contributed by atoms with E-state index in [-0.39, 0.29) is 17.2 Å². The number of fused-ring (bicyclic) bond motifs is 3. The Morgan fingerprint density at radius 3 is 2.81 bits per heavy atom. The van der Waals surface area contributed by atoms with Crippen molar-refractivity contribution < 1.29 is 9.90 Å². The molecule has 134 valence electrons. The van der Waals surface area contributed by atoms with Gasteiger partial charge >= 0.3 is 0 Å². The maximum absolute atomic E-state index is 13.1. The summed E-state index contributed by atoms with van der Waals surface area (Å²) >= 11 is 1.78. The van der Waals surface area contributed by atoms with Gasteiger partial charge in [-0.15, -0.1) is 11.8 Å². The van der Waals surface area contributed by atoms with Crippen molar-refractivity contribution in [3.8, 4) is 17.1 Å². The van der Waals surface area contributed by atoms with Gasteiger partial charge in [0.1, 0.15) is 5.56 Å². The number of nitrogens with zero attached hydrogens (tertiary/aromatic N) is 4. The average molecular weight is 368 g/mol. The zero-order chi connectivity index (χ0) is 18.6. The van der Waals surface area contributed by atoms with Crippen LogP contribution in [-0.2, 0) is 19.3 Å². The van der Waals surface area contributed by atoms with Crippen molar-refractivity contribution in [2.45, 2.75) is 38.0 Å². The highest BCUT2D eigenvalue weighted by Crippen LogP contribution is 2.45. The van der Waals surface area contributed by atoms with E-state index in [0.29, 0.717) is 12.1 Å². The molecule has 1 aliphatic heterocycles. The molecule has 0 bridgehead atoms. The molecule has 0 amide bonds. The summed E-state index contributed by atoms with van der Waals surface area (Å²) in [5, 5.41) is 19.0. The topological polar surface area (TPSA) is 72.9 Å². The molecule has 0 fully saturated rings. The number of aromatic hydroxyl groups is 1. The molecule has 0 aliphatic carbocycles. The second kappa shape index (κ2) is 6.02. The first-order valence-electron chi connectivity index (χ1n) is 8.51. The van der Waals surface area contributed by atoms with Gasteiger partial charge < -0.3 is 5.11 Å². The predicted octanol–water partition coefficient (Wildman–Crippen LogP) is 3.46. The monoisotopic (exact) mass is 368 g/mol. The Morgan fingerprint density at radius 1 is 1.35 bits per heavy atom. The lowest BCUT2D eigenvalue weighted by Crippen LogP contribution is -2.09. The van der Waals surface area contributed by atoms with Gasteiger partial charge in [0.25, 0.3) is 0 Å². The average Bonchev–Trinajstić information content (AvgIpc) is 3.18. The molecule has 0 spiro atoms. The van der Waals surface area contributed by atoms with E-state index in [4.69, 9.17) is 0 Å². The van der Waals surface area contributed by atoms with Crippen LogP contribution in [0.5, 0.6) is 5.88 Å². The molecule has 0 saturated heterocycles. The molecule has 0 radical (unpaired) electrons. The Labute approximate surface area is 155 Å². The first-order chi connectivity index (χ1) is 12.4. The van der Waals surface area contributed by atoms with Crippen molar-refractivity contribution in [3.63, 3.8) is 0 Å². The zero-order valence-corrected chi connectivity index (χ0v) is 16.0. The van der Waals surface area contributed by atoms with E-state index < -0.39 is 0 Å². The Morgan fingerprint density at radius 2 is 2.12 bits per heavy atom. The highest BCUT2D eigenvalue weighted by atomic mass is 32.2. The molecule has 0 saturated carbocycles. The van der Waals surface area contributed by atoms with Crippen LogP contribution in [0.1, 0.15) is 39.5 Å². The first-order valence-corrected chi connectivity index (χ1v) is 9.50. The minimum atomic E-state index is -0.210. The molecule has 3 aromatic rings. The van der Waals surface area contributed by atoms with E-state index in [0.717, 1.165) is 28.1 Å². The first kappa shape index (κ1) is 16.9. The SMILES string of the molecule is CCn1ncc(C(=O)c2cc(C)c3c(c2C)-c2nn(C)cc2CS3)c1O. The highest BCUT2D eigenvalue weighted by molar-refractivity contribution is 7.98. The summed E-state index contributed by atoms with van der Waals surface area (Å²) in [5.74, 6) is 0.590. The molecule has 4 rings (SSSR count). The number of rotatable bonds is 3. The Hall–Kier alpha value is -2.54. The number of benzene rings is 1. The fourth-order valence-corrected chi connectivity index (χ4v) is 4.71. The van der Waals surface area contributed by atoms with Crippen LogP contribution in [0.25, 0.3) is 11.3 Å². The third-order valence-electron chi connectivity index (χ3n) is 4.84. The summed E-state index contributed by atoms with van der Waals surface area (Å²) in [7, 11) is 1.91. The van der Waals surface area contributed by atoms with Crippen molar-refractivity contribution in [3.05, 3.63) is 46.3 Å². The minimum absolute atomic E-state index is 0.0832. The second-order valence-corrected chi connectivity index (χ2v) is 7.55. The molecule has 3 heterocycles. The Bertz CT molecular complexity index is 1050. The van der Waals surface area contributed by atoms with Gasteiger partial charge in [-0.3, -0.25) is 9.48 Å². The number of carbonyl (C=O) groups is 1. The lowest BCUT2D eigenvalue weighted by atomic mass is 9.91. The normalized spacial score (nSPS) is 12.8. The fraction of sp³-hybridized carbons (Fsp3) is 0.316. The number of aromatic nitrogens is 4. The van der Waals surface area contributed by atoms with E-state index in [9.17, 15) is 9.90 Å². The number of ketones is 1. The van der Waals surface area contributed by atoms with Crippen LogP contribution in [0.4, 0.5) is 0 Å². The maximum atomic E-state index is 13.1. The van der Waals surface area contributed by atoms with Crippen molar-refractivity contribution in [2.24, 2.45) is 7.05 Å². The molecule has 1 N–H and O–H groups in total. The number of thioether (sulfide) groups is 1. The highest BCUT2D eigenvalue weighted by Gasteiger charge is 2.28. The summed E-state index contributed by atoms with van der Waals surface area (Å²) in [6.07, 6.45) is 3.47. The van der Waals surface area contributed by atoms with Crippen LogP contribution in [0.2, 0.25) is 0 Å². The molecule has 6 nitrogen and oxygen atoms in total. The van der Waals surface area contributed by atoms with Gasteiger partial charge in [-0.25, -0.2) is 4.68 Å². The Balaban J connectivity index is 1.91.